The van der Waals surface area contributed by atoms with Crippen LogP contribution in [0.1, 0.15) is 18.9 Å². The number of rotatable bonds is 8. The third kappa shape index (κ3) is 5.00. The summed E-state index contributed by atoms with van der Waals surface area (Å²) in [5.74, 6) is -1.41. The second-order valence-corrected chi connectivity index (χ2v) is 6.83. The van der Waals surface area contributed by atoms with Gasteiger partial charge in [-0.15, -0.1) is 0 Å². The summed E-state index contributed by atoms with van der Waals surface area (Å²) in [5.41, 5.74) is 5.38. The summed E-state index contributed by atoms with van der Waals surface area (Å²) in [4.78, 5) is 41.2. The van der Waals surface area contributed by atoms with Gasteiger partial charge in [0.25, 0.3) is 11.5 Å². The fourth-order valence-electron chi connectivity index (χ4n) is 3.13. The predicted octanol–water partition coefficient (Wildman–Crippen LogP) is 2.13. The molecule has 0 spiro atoms. The van der Waals surface area contributed by atoms with Crippen LogP contribution >= 0.6 is 0 Å². The van der Waals surface area contributed by atoms with Gasteiger partial charge in [-0.25, -0.2) is 9.18 Å². The lowest BCUT2D eigenvalue weighted by Gasteiger charge is -2.24. The van der Waals surface area contributed by atoms with Crippen molar-refractivity contribution in [1.82, 2.24) is 9.55 Å². The quantitative estimate of drug-likeness (QED) is 0.573. The molecule has 1 heterocycles. The molecular weight excluding hydrogens is 403 g/mol. The van der Waals surface area contributed by atoms with E-state index in [1.807, 2.05) is 37.3 Å². The van der Waals surface area contributed by atoms with Crippen LogP contribution in [0.3, 0.4) is 0 Å². The molecule has 0 aliphatic rings. The van der Waals surface area contributed by atoms with E-state index in [1.165, 1.54) is 22.8 Å². The van der Waals surface area contributed by atoms with Gasteiger partial charge >= 0.3 is 5.69 Å². The van der Waals surface area contributed by atoms with Crippen molar-refractivity contribution in [1.29, 1.82) is 0 Å². The average Bonchev–Trinajstić information content (AvgIpc) is 2.76. The first-order chi connectivity index (χ1) is 14.9. The first kappa shape index (κ1) is 21.8. The van der Waals surface area contributed by atoms with Crippen LogP contribution in [0.5, 0.6) is 5.75 Å². The molecule has 1 amide bonds. The van der Waals surface area contributed by atoms with Crippen molar-refractivity contribution in [2.24, 2.45) is 0 Å². The zero-order chi connectivity index (χ0) is 22.4. The van der Waals surface area contributed by atoms with Gasteiger partial charge in [0.15, 0.2) is 23.9 Å². The number of carbonyl (C=O) groups is 1. The van der Waals surface area contributed by atoms with Gasteiger partial charge in [-0.1, -0.05) is 49.4 Å². The summed E-state index contributed by atoms with van der Waals surface area (Å²) < 4.78 is 20.3. The standard InChI is InChI=1S/C22H23FN4O4/c1-2-12-26(18(28)14-31-17-11-7-6-10-16(17)23)19-20(24)27(22(30)25-21(19)29)13-15-8-4-3-5-9-15/h3-11H,2,12-14,24H2,1H3,(H,25,29,30). The van der Waals surface area contributed by atoms with E-state index < -0.39 is 29.6 Å². The molecule has 0 saturated carbocycles. The van der Waals surface area contributed by atoms with E-state index in [1.54, 1.807) is 6.07 Å². The molecule has 2 aromatic carbocycles. The molecule has 0 radical (unpaired) electrons. The fourth-order valence-corrected chi connectivity index (χ4v) is 3.13. The number of nitrogen functional groups attached to an aromatic ring is 1. The molecule has 0 saturated heterocycles. The monoisotopic (exact) mass is 426 g/mol. The van der Waals surface area contributed by atoms with Crippen molar-refractivity contribution >= 4 is 17.4 Å². The minimum absolute atomic E-state index is 0.0803. The van der Waals surface area contributed by atoms with Crippen LogP contribution < -0.4 is 26.6 Å². The van der Waals surface area contributed by atoms with Crippen LogP contribution in [0, 0.1) is 5.82 Å². The highest BCUT2D eigenvalue weighted by atomic mass is 19.1. The van der Waals surface area contributed by atoms with Crippen LogP contribution in [-0.2, 0) is 11.3 Å². The van der Waals surface area contributed by atoms with E-state index in [-0.39, 0.29) is 30.3 Å². The Morgan fingerprint density at radius 3 is 2.48 bits per heavy atom. The Morgan fingerprint density at radius 2 is 1.81 bits per heavy atom. The van der Waals surface area contributed by atoms with Gasteiger partial charge in [-0.05, 0) is 24.1 Å². The van der Waals surface area contributed by atoms with E-state index in [4.69, 9.17) is 10.5 Å². The zero-order valence-corrected chi connectivity index (χ0v) is 17.0. The molecule has 1 aromatic heterocycles. The Labute approximate surface area is 177 Å². The van der Waals surface area contributed by atoms with E-state index >= 15 is 0 Å². The molecule has 0 atom stereocenters. The highest BCUT2D eigenvalue weighted by Crippen LogP contribution is 2.20. The van der Waals surface area contributed by atoms with Crippen molar-refractivity contribution in [2.75, 3.05) is 23.8 Å². The van der Waals surface area contributed by atoms with Crippen LogP contribution in [0.2, 0.25) is 0 Å². The number of para-hydroxylation sites is 1. The smallest absolute Gasteiger partial charge is 0.330 e. The lowest BCUT2D eigenvalue weighted by atomic mass is 10.2. The number of hydrogen-bond acceptors (Lipinski definition) is 5. The molecule has 3 aromatic rings. The maximum absolute atomic E-state index is 13.8. The molecule has 3 N–H and O–H groups in total. The number of halogens is 1. The number of nitrogens with zero attached hydrogens (tertiary/aromatic N) is 2. The summed E-state index contributed by atoms with van der Waals surface area (Å²) in [6.07, 6.45) is 0.516. The summed E-state index contributed by atoms with van der Waals surface area (Å²) in [6.45, 7) is 1.60. The number of aromatic nitrogens is 2. The number of benzene rings is 2. The van der Waals surface area contributed by atoms with Gasteiger partial charge in [-0.2, -0.15) is 0 Å². The molecular formula is C22H23FN4O4. The third-order valence-corrected chi connectivity index (χ3v) is 4.60. The molecule has 0 fully saturated rings. The Morgan fingerprint density at radius 1 is 1.13 bits per heavy atom. The molecule has 0 aliphatic heterocycles. The largest absolute Gasteiger partial charge is 0.481 e. The molecule has 3 rings (SSSR count). The number of nitrogens with two attached hydrogens (primary N) is 1. The van der Waals surface area contributed by atoms with Gasteiger partial charge in [0.2, 0.25) is 0 Å². The van der Waals surface area contributed by atoms with Gasteiger partial charge in [0, 0.05) is 6.54 Å². The van der Waals surface area contributed by atoms with E-state index in [0.29, 0.717) is 6.42 Å². The number of anilines is 2. The highest BCUT2D eigenvalue weighted by molar-refractivity contribution is 5.96. The maximum atomic E-state index is 13.8. The van der Waals surface area contributed by atoms with Crippen LogP contribution in [0.15, 0.2) is 64.2 Å². The molecule has 0 bridgehead atoms. The van der Waals surface area contributed by atoms with Gasteiger partial charge in [0.05, 0.1) is 6.54 Å². The average molecular weight is 426 g/mol. The van der Waals surface area contributed by atoms with E-state index in [9.17, 15) is 18.8 Å². The van der Waals surface area contributed by atoms with Crippen LogP contribution in [0.4, 0.5) is 15.9 Å². The Bertz CT molecular complexity index is 1170. The minimum atomic E-state index is -0.778. The highest BCUT2D eigenvalue weighted by Gasteiger charge is 2.24. The van der Waals surface area contributed by atoms with E-state index in [2.05, 4.69) is 4.98 Å². The van der Waals surface area contributed by atoms with Gasteiger partial charge in [0.1, 0.15) is 5.82 Å². The Hall–Kier alpha value is -3.88. The van der Waals surface area contributed by atoms with Crippen molar-refractivity contribution in [3.63, 3.8) is 0 Å². The fraction of sp³-hybridized carbons (Fsp3) is 0.227. The normalized spacial score (nSPS) is 10.6. The van der Waals surface area contributed by atoms with Crippen LogP contribution in [-0.4, -0.2) is 28.6 Å². The number of amides is 1. The Kier molecular flexibility index (Phi) is 6.86. The van der Waals surface area contributed by atoms with Crippen molar-refractivity contribution < 1.29 is 13.9 Å². The SMILES string of the molecule is CCCN(C(=O)COc1ccccc1F)c1c(N)n(Cc2ccccc2)c(=O)[nH]c1=O. The zero-order valence-electron chi connectivity index (χ0n) is 17.0. The van der Waals surface area contributed by atoms with E-state index in [0.717, 1.165) is 10.5 Å². The molecule has 9 heteroatoms. The van der Waals surface area contributed by atoms with Crippen molar-refractivity contribution in [2.45, 2.75) is 19.9 Å². The summed E-state index contributed by atoms with van der Waals surface area (Å²) in [6, 6.07) is 14.8. The van der Waals surface area contributed by atoms with Gasteiger partial charge in [-0.3, -0.25) is 19.1 Å². The lowest BCUT2D eigenvalue weighted by Crippen LogP contribution is -2.43. The number of aromatic amines is 1. The lowest BCUT2D eigenvalue weighted by molar-refractivity contribution is -0.120. The van der Waals surface area contributed by atoms with Gasteiger partial charge < -0.3 is 15.4 Å². The summed E-state index contributed by atoms with van der Waals surface area (Å²) >= 11 is 0. The van der Waals surface area contributed by atoms with Crippen LogP contribution in [0.25, 0.3) is 0 Å². The number of H-pyrrole nitrogens is 1. The number of ether oxygens (including phenoxy) is 1. The first-order valence-electron chi connectivity index (χ1n) is 9.76. The molecule has 8 nitrogen and oxygen atoms in total. The second-order valence-electron chi connectivity index (χ2n) is 6.83. The third-order valence-electron chi connectivity index (χ3n) is 4.60. The minimum Gasteiger partial charge on any atom is -0.481 e. The Balaban J connectivity index is 1.93. The molecule has 162 valence electrons. The summed E-state index contributed by atoms with van der Waals surface area (Å²) in [5, 5.41) is 0. The molecule has 31 heavy (non-hydrogen) atoms. The molecule has 0 unspecified atom stereocenters. The topological polar surface area (TPSA) is 110 Å². The molecule has 0 aliphatic carbocycles. The number of carbonyl (C=O) groups excluding carboxylic acids is 1. The number of hydrogen-bond donors (Lipinski definition) is 2. The van der Waals surface area contributed by atoms with Crippen molar-refractivity contribution in [3.05, 3.63) is 86.8 Å². The maximum Gasteiger partial charge on any atom is 0.330 e. The number of nitrogens with one attached hydrogen (secondary N) is 1. The predicted molar refractivity (Wildman–Crippen MR) is 116 cm³/mol. The first-order valence-corrected chi connectivity index (χ1v) is 9.76. The summed E-state index contributed by atoms with van der Waals surface area (Å²) in [7, 11) is 0. The van der Waals surface area contributed by atoms with Crippen molar-refractivity contribution in [3.8, 4) is 5.75 Å². The second kappa shape index (κ2) is 9.75.